The molecule has 0 saturated heterocycles. The fourth-order valence-corrected chi connectivity index (χ4v) is 1.13. The summed E-state index contributed by atoms with van der Waals surface area (Å²) in [7, 11) is 0. The van der Waals surface area contributed by atoms with Crippen molar-refractivity contribution in [2.24, 2.45) is 5.92 Å². The predicted molar refractivity (Wildman–Crippen MR) is 44.5 cm³/mol. The van der Waals surface area contributed by atoms with Gasteiger partial charge in [-0.1, -0.05) is 32.6 Å². The number of rotatable bonds is 0. The van der Waals surface area contributed by atoms with Gasteiger partial charge in [-0.25, -0.2) is 0 Å². The van der Waals surface area contributed by atoms with Gasteiger partial charge in [-0.15, -0.1) is 0 Å². The zero-order valence-corrected chi connectivity index (χ0v) is 8.92. The zero-order chi connectivity index (χ0) is 10.4. The molecule has 0 spiro atoms. The van der Waals surface area contributed by atoms with Crippen LogP contribution in [-0.4, -0.2) is 0 Å². The van der Waals surface area contributed by atoms with Gasteiger partial charge in [0.2, 0.25) is 0 Å². The minimum Gasteiger partial charge on any atom is -0.0625 e. The second-order valence-corrected chi connectivity index (χ2v) is 2.39. The molecule has 13 heavy (non-hydrogen) atoms. The fourth-order valence-electron chi connectivity index (χ4n) is 1.13. The van der Waals surface area contributed by atoms with Crippen LogP contribution in [0.2, 0.25) is 0 Å². The van der Waals surface area contributed by atoms with Gasteiger partial charge >= 0.3 is 33.9 Å². The Balaban J connectivity index is -0.0000000508. The molecule has 0 unspecified atom stereocenters. The van der Waals surface area contributed by atoms with Crippen LogP contribution in [-0.2, 0) is 31.0 Å². The number of hydrogen-bond donors (Lipinski definition) is 0. The van der Waals surface area contributed by atoms with Crippen LogP contribution < -0.4 is 0 Å². The molecule has 0 amide bonds. The maximum atomic E-state index is 7.75. The van der Waals surface area contributed by atoms with E-state index in [1.807, 2.05) is 0 Å². The van der Waals surface area contributed by atoms with E-state index < -0.39 is 0 Å². The molecule has 0 N–H and O–H groups in total. The van der Waals surface area contributed by atoms with Crippen LogP contribution >= 0.6 is 0 Å². The molecule has 1 radical (unpaired) electrons. The summed E-state index contributed by atoms with van der Waals surface area (Å²) in [5.41, 5.74) is 0. The van der Waals surface area contributed by atoms with Crippen molar-refractivity contribution in [2.45, 2.75) is 32.6 Å². The van der Waals surface area contributed by atoms with E-state index in [0.717, 1.165) is 5.92 Å². The Morgan fingerprint density at radius 2 is 1.08 bits per heavy atom. The third-order valence-corrected chi connectivity index (χ3v) is 1.64. The standard InChI is InChI=1S/C6H12.3CHO.Mn/c1-6-4-2-3-5-6;3*1-2;/h6H,2-5H2,1H3;3*1H;/q;3*+1;. The monoisotopic (exact) mass is 226 g/mol. The normalized spacial score (nSPS) is 12.2. The van der Waals surface area contributed by atoms with Gasteiger partial charge in [-0.2, -0.15) is 0 Å². The predicted octanol–water partition coefficient (Wildman–Crippen LogP) is 2.21. The second kappa shape index (κ2) is 29.8. The number of hydrogen-bond acceptors (Lipinski definition) is 0. The quantitative estimate of drug-likeness (QED) is 0.449. The van der Waals surface area contributed by atoms with Crippen LogP contribution in [0.4, 0.5) is 0 Å². The summed E-state index contributed by atoms with van der Waals surface area (Å²) in [6.07, 6.45) is 5.95. The Morgan fingerprint density at radius 3 is 1.15 bits per heavy atom. The largest absolute Gasteiger partial charge is 0.0625 e. The summed E-state index contributed by atoms with van der Waals surface area (Å²) in [5.74, 6) is 1.05. The molecule has 0 atom stereocenters. The van der Waals surface area contributed by atoms with Crippen molar-refractivity contribution in [3.05, 3.63) is 0 Å². The Hall–Kier alpha value is -0.261. The van der Waals surface area contributed by atoms with E-state index in [2.05, 4.69) is 26.9 Å². The van der Waals surface area contributed by atoms with Crippen LogP contribution in [0.1, 0.15) is 32.6 Å². The average molecular weight is 226 g/mol. The van der Waals surface area contributed by atoms with Gasteiger partial charge in [-0.05, 0) is 5.92 Å². The molecule has 1 aliphatic rings. The Bertz CT molecular complexity index is 108. The maximum absolute atomic E-state index is 7.75. The van der Waals surface area contributed by atoms with Gasteiger partial charge in [0.25, 0.3) is 0 Å². The summed E-state index contributed by atoms with van der Waals surface area (Å²) in [6.45, 7) is 12.1. The van der Waals surface area contributed by atoms with Crippen LogP contribution in [0.15, 0.2) is 0 Å². The summed E-state index contributed by atoms with van der Waals surface area (Å²) in [4.78, 5) is 0. The zero-order valence-electron chi connectivity index (χ0n) is 7.74. The summed E-state index contributed by atoms with van der Waals surface area (Å²) >= 11 is 0. The third kappa shape index (κ3) is 24.5. The average Bonchev–Trinajstić information content (AvgIpc) is 2.66. The molecule has 1 fully saturated rings. The summed E-state index contributed by atoms with van der Waals surface area (Å²) in [6, 6.07) is 0. The first kappa shape index (κ1) is 23.0. The maximum Gasteiger partial charge on any atom is 0 e. The van der Waals surface area contributed by atoms with Crippen LogP contribution in [0, 0.1) is 25.9 Å². The van der Waals surface area contributed by atoms with E-state index >= 15 is 0 Å². The van der Waals surface area contributed by atoms with Crippen molar-refractivity contribution in [3.8, 4) is 20.0 Å². The first-order valence-electron chi connectivity index (χ1n) is 3.60. The Labute approximate surface area is 89.9 Å². The fraction of sp³-hybridized carbons (Fsp3) is 0.667. The van der Waals surface area contributed by atoms with Crippen molar-refractivity contribution >= 4 is 0 Å². The van der Waals surface area contributed by atoms with Crippen LogP contribution in [0.3, 0.4) is 0 Å². The van der Waals surface area contributed by atoms with Crippen molar-refractivity contribution in [2.75, 3.05) is 0 Å². The molecule has 0 bridgehead atoms. The molecule has 4 heteroatoms. The summed E-state index contributed by atoms with van der Waals surface area (Å²) < 4.78 is 23.2. The molecule has 0 aromatic heterocycles. The Kier molecular flexibility index (Phi) is 52.7. The van der Waals surface area contributed by atoms with Gasteiger partial charge in [0, 0.05) is 17.1 Å². The second-order valence-electron chi connectivity index (χ2n) is 2.39. The van der Waals surface area contributed by atoms with Gasteiger partial charge < -0.3 is 0 Å². The SMILES string of the molecule is C#[O+].C#[O+].C#[O+].CC1CCCC1.[Mn]. The molecular formula is C9H15MnO3+3. The van der Waals surface area contributed by atoms with Crippen molar-refractivity contribution in [1.82, 2.24) is 0 Å². The van der Waals surface area contributed by atoms with Gasteiger partial charge in [-0.3, -0.25) is 0 Å². The van der Waals surface area contributed by atoms with Crippen LogP contribution in [0.5, 0.6) is 0 Å². The van der Waals surface area contributed by atoms with Gasteiger partial charge in [0.15, 0.2) is 0 Å². The topological polar surface area (TPSA) is 59.7 Å². The first-order chi connectivity index (χ1) is 5.89. The molecule has 1 saturated carbocycles. The Morgan fingerprint density at radius 1 is 0.846 bits per heavy atom. The van der Waals surface area contributed by atoms with E-state index in [9.17, 15) is 0 Å². The minimum atomic E-state index is 0. The van der Waals surface area contributed by atoms with Crippen molar-refractivity contribution in [3.63, 3.8) is 0 Å². The van der Waals surface area contributed by atoms with E-state index in [0.29, 0.717) is 0 Å². The molecule has 0 aliphatic heterocycles. The summed E-state index contributed by atoms with van der Waals surface area (Å²) in [5, 5.41) is 0. The molecule has 0 aromatic rings. The molecule has 3 nitrogen and oxygen atoms in total. The van der Waals surface area contributed by atoms with E-state index in [4.69, 9.17) is 14.0 Å². The van der Waals surface area contributed by atoms with E-state index in [1.165, 1.54) is 25.7 Å². The molecule has 1 aliphatic carbocycles. The van der Waals surface area contributed by atoms with Crippen molar-refractivity contribution < 1.29 is 31.0 Å². The van der Waals surface area contributed by atoms with Gasteiger partial charge in [0.1, 0.15) is 0 Å². The molecule has 0 heterocycles. The van der Waals surface area contributed by atoms with E-state index in [-0.39, 0.29) is 17.1 Å². The molecule has 1 rings (SSSR count). The van der Waals surface area contributed by atoms with Gasteiger partial charge in [0.05, 0.1) is 0 Å². The minimum absolute atomic E-state index is 0. The van der Waals surface area contributed by atoms with Crippen molar-refractivity contribution in [1.29, 1.82) is 0 Å². The van der Waals surface area contributed by atoms with Crippen LogP contribution in [0.25, 0.3) is 0 Å². The van der Waals surface area contributed by atoms with E-state index in [1.54, 1.807) is 0 Å². The molecule has 0 aromatic carbocycles. The molecule has 73 valence electrons. The molecular weight excluding hydrogens is 211 g/mol. The smallest absolute Gasteiger partial charge is 0 e. The third-order valence-electron chi connectivity index (χ3n) is 1.64. The first-order valence-corrected chi connectivity index (χ1v) is 3.60.